The Morgan fingerprint density at radius 3 is 2.59 bits per heavy atom. The van der Waals surface area contributed by atoms with Gasteiger partial charge in [0.2, 0.25) is 0 Å². The summed E-state index contributed by atoms with van der Waals surface area (Å²) >= 11 is 5.78. The molecule has 10 nitrogen and oxygen atoms in total. The number of hydrogen-bond donors (Lipinski definition) is 2. The quantitative estimate of drug-likeness (QED) is 0.332. The van der Waals surface area contributed by atoms with Crippen LogP contribution in [0.25, 0.3) is 16.7 Å². The Labute approximate surface area is 213 Å². The minimum Gasteiger partial charge on any atom is -0.321 e. The monoisotopic (exact) mass is 543 g/mol. The van der Waals surface area contributed by atoms with Crippen molar-refractivity contribution in [2.45, 2.75) is 4.90 Å². The van der Waals surface area contributed by atoms with E-state index in [2.05, 4.69) is 25.2 Å². The first-order valence-electron chi connectivity index (χ1n) is 10.5. The number of rotatable bonds is 6. The van der Waals surface area contributed by atoms with Crippen molar-refractivity contribution in [1.29, 1.82) is 0 Å². The zero-order valence-electron chi connectivity index (χ0n) is 18.9. The molecule has 0 spiro atoms. The van der Waals surface area contributed by atoms with Crippen LogP contribution in [0.5, 0.6) is 0 Å². The number of sulfonamides is 1. The molecule has 2 aromatic carbocycles. The number of fused-ring (bicyclic) bond motifs is 1. The van der Waals surface area contributed by atoms with Gasteiger partial charge in [0, 0.05) is 24.3 Å². The second-order valence-corrected chi connectivity index (χ2v) is 9.91. The Bertz CT molecular complexity index is 1790. The number of carbonyl (C=O) groups excluding carboxylic acids is 1. The van der Waals surface area contributed by atoms with E-state index in [-0.39, 0.29) is 27.1 Å². The van der Waals surface area contributed by atoms with Crippen LogP contribution in [-0.2, 0) is 17.1 Å². The molecule has 0 atom stereocenters. The van der Waals surface area contributed by atoms with Crippen LogP contribution in [0.4, 0.5) is 20.2 Å². The normalized spacial score (nSPS) is 11.6. The van der Waals surface area contributed by atoms with Crippen LogP contribution in [0.3, 0.4) is 0 Å². The van der Waals surface area contributed by atoms with Crippen LogP contribution < -0.4 is 10.0 Å². The highest BCUT2D eigenvalue weighted by Crippen LogP contribution is 2.26. The third-order valence-corrected chi connectivity index (χ3v) is 6.93. The van der Waals surface area contributed by atoms with E-state index in [4.69, 9.17) is 11.6 Å². The largest absolute Gasteiger partial charge is 0.321 e. The molecule has 2 N–H and O–H groups in total. The molecule has 5 rings (SSSR count). The molecule has 1 amide bonds. The number of anilines is 2. The van der Waals surface area contributed by atoms with Gasteiger partial charge in [0.1, 0.15) is 16.4 Å². The second-order valence-electron chi connectivity index (χ2n) is 7.82. The molecule has 0 bridgehead atoms. The summed E-state index contributed by atoms with van der Waals surface area (Å²) < 4.78 is 58.0. The van der Waals surface area contributed by atoms with Gasteiger partial charge in [-0.2, -0.15) is 10.2 Å². The maximum Gasteiger partial charge on any atom is 0.274 e. The number of hydrogen-bond acceptors (Lipinski definition) is 6. The van der Waals surface area contributed by atoms with E-state index >= 15 is 0 Å². The first-order valence-corrected chi connectivity index (χ1v) is 12.4. The van der Waals surface area contributed by atoms with Gasteiger partial charge in [0.25, 0.3) is 15.9 Å². The summed E-state index contributed by atoms with van der Waals surface area (Å²) in [6.07, 6.45) is 3.56. The van der Waals surface area contributed by atoms with Gasteiger partial charge in [0.05, 0.1) is 28.6 Å². The maximum absolute atomic E-state index is 14.0. The summed E-state index contributed by atoms with van der Waals surface area (Å²) in [5.41, 5.74) is 1.01. The van der Waals surface area contributed by atoms with Crippen LogP contribution in [0.15, 0.2) is 72.0 Å². The molecule has 0 aliphatic rings. The fraction of sp³-hybridized carbons (Fsp3) is 0.0435. The van der Waals surface area contributed by atoms with Crippen molar-refractivity contribution >= 4 is 49.8 Å². The first kappa shape index (κ1) is 24.3. The smallest absolute Gasteiger partial charge is 0.274 e. The third kappa shape index (κ3) is 4.73. The molecule has 3 aromatic heterocycles. The number of nitrogens with one attached hydrogen (secondary N) is 2. The Morgan fingerprint density at radius 1 is 1.05 bits per heavy atom. The van der Waals surface area contributed by atoms with E-state index in [9.17, 15) is 22.0 Å². The SMILES string of the molecule is Cn1nc2cc(NS(=O)(=O)c3cnn(-c4ncccc4F)c3)ccc2c1C(=O)Nc1ccc(F)c(Cl)c1. The molecule has 0 radical (unpaired) electrons. The number of halogens is 3. The zero-order chi connectivity index (χ0) is 26.3. The van der Waals surface area contributed by atoms with Crippen molar-refractivity contribution in [2.24, 2.45) is 7.05 Å². The van der Waals surface area contributed by atoms with E-state index in [1.807, 2.05) is 0 Å². The molecule has 188 valence electrons. The van der Waals surface area contributed by atoms with Crippen molar-refractivity contribution in [1.82, 2.24) is 24.5 Å². The Hall–Kier alpha value is -4.36. The second kappa shape index (κ2) is 9.26. The lowest BCUT2D eigenvalue weighted by atomic mass is 10.2. The molecular formula is C23H16ClF2N7O3S. The number of amides is 1. The van der Waals surface area contributed by atoms with Crippen molar-refractivity contribution in [3.8, 4) is 5.82 Å². The highest BCUT2D eigenvalue weighted by atomic mass is 35.5. The summed E-state index contributed by atoms with van der Waals surface area (Å²) in [6.45, 7) is 0. The van der Waals surface area contributed by atoms with E-state index in [1.54, 1.807) is 13.1 Å². The number of nitrogens with zero attached hydrogens (tertiary/aromatic N) is 5. The van der Waals surface area contributed by atoms with Crippen LogP contribution >= 0.6 is 11.6 Å². The predicted octanol–water partition coefficient (Wildman–Crippen LogP) is 4.14. The van der Waals surface area contributed by atoms with Gasteiger partial charge in [-0.25, -0.2) is 26.9 Å². The van der Waals surface area contributed by atoms with Crippen molar-refractivity contribution in [3.63, 3.8) is 0 Å². The lowest BCUT2D eigenvalue weighted by molar-refractivity contribution is 0.101. The molecule has 3 heterocycles. The molecule has 37 heavy (non-hydrogen) atoms. The molecule has 0 aliphatic carbocycles. The summed E-state index contributed by atoms with van der Waals surface area (Å²) in [6, 6.07) is 10.8. The van der Waals surface area contributed by atoms with Gasteiger partial charge in [-0.1, -0.05) is 11.6 Å². The highest BCUT2D eigenvalue weighted by Gasteiger charge is 2.21. The topological polar surface area (TPSA) is 124 Å². The molecule has 14 heteroatoms. The maximum atomic E-state index is 14.0. The van der Waals surface area contributed by atoms with Gasteiger partial charge in [0.15, 0.2) is 11.6 Å². The predicted molar refractivity (Wildman–Crippen MR) is 132 cm³/mol. The fourth-order valence-electron chi connectivity index (χ4n) is 3.62. The Balaban J connectivity index is 1.39. The third-order valence-electron chi connectivity index (χ3n) is 5.30. The Morgan fingerprint density at radius 2 is 1.84 bits per heavy atom. The fourth-order valence-corrected chi connectivity index (χ4v) is 4.78. The van der Waals surface area contributed by atoms with Crippen LogP contribution in [-0.4, -0.2) is 38.9 Å². The molecule has 0 saturated heterocycles. The van der Waals surface area contributed by atoms with Gasteiger partial charge >= 0.3 is 0 Å². The zero-order valence-corrected chi connectivity index (χ0v) is 20.4. The van der Waals surface area contributed by atoms with Gasteiger partial charge < -0.3 is 5.32 Å². The van der Waals surface area contributed by atoms with Gasteiger partial charge in [-0.15, -0.1) is 0 Å². The molecule has 0 aliphatic heterocycles. The van der Waals surface area contributed by atoms with Crippen LogP contribution in [0, 0.1) is 11.6 Å². The molecule has 0 fully saturated rings. The van der Waals surface area contributed by atoms with Gasteiger partial charge in [-0.05, 0) is 48.5 Å². The lowest BCUT2D eigenvalue weighted by Crippen LogP contribution is -2.16. The van der Waals surface area contributed by atoms with E-state index in [0.717, 1.165) is 23.1 Å². The van der Waals surface area contributed by atoms with E-state index < -0.39 is 27.6 Å². The minimum absolute atomic E-state index is 0.139. The van der Waals surface area contributed by atoms with Crippen molar-refractivity contribution in [3.05, 3.63) is 89.5 Å². The van der Waals surface area contributed by atoms with Crippen LogP contribution in [0.2, 0.25) is 5.02 Å². The average Bonchev–Trinajstić information content (AvgIpc) is 3.46. The van der Waals surface area contributed by atoms with Crippen molar-refractivity contribution in [2.75, 3.05) is 10.0 Å². The first-order chi connectivity index (χ1) is 17.6. The molecule has 0 saturated carbocycles. The molecule has 0 unspecified atom stereocenters. The van der Waals surface area contributed by atoms with Gasteiger partial charge in [-0.3, -0.25) is 14.2 Å². The minimum atomic E-state index is -4.09. The summed E-state index contributed by atoms with van der Waals surface area (Å²) in [5, 5.41) is 11.1. The summed E-state index contributed by atoms with van der Waals surface area (Å²) in [5.74, 6) is -1.94. The number of aryl methyl sites for hydroxylation is 1. The van der Waals surface area contributed by atoms with E-state index in [0.29, 0.717) is 16.6 Å². The van der Waals surface area contributed by atoms with E-state index in [1.165, 1.54) is 47.3 Å². The number of pyridine rings is 1. The summed E-state index contributed by atoms with van der Waals surface area (Å²) in [7, 11) is -2.53. The lowest BCUT2D eigenvalue weighted by Gasteiger charge is -2.07. The highest BCUT2D eigenvalue weighted by molar-refractivity contribution is 7.92. The molecular weight excluding hydrogens is 528 g/mol. The van der Waals surface area contributed by atoms with Crippen molar-refractivity contribution < 1.29 is 22.0 Å². The number of carbonyl (C=O) groups is 1. The molecule has 5 aromatic rings. The number of aromatic nitrogens is 5. The Kier molecular flexibility index (Phi) is 6.09. The summed E-state index contributed by atoms with van der Waals surface area (Å²) in [4.78, 5) is 16.5. The standard InChI is InChI=1S/C23H16ClF2N7O3S/c1-32-21(23(34)29-13-5-7-18(25)17(24)9-13)16-6-4-14(10-20(16)30-32)31-37(35,36)15-11-28-33(12-15)22-19(26)3-2-8-27-22/h2-12,31H,1H3,(H,29,34). The average molecular weight is 544 g/mol. The number of benzene rings is 2. The van der Waals surface area contributed by atoms with Crippen LogP contribution in [0.1, 0.15) is 10.5 Å².